The van der Waals surface area contributed by atoms with Gasteiger partial charge in [-0.3, -0.25) is 9.69 Å². The summed E-state index contributed by atoms with van der Waals surface area (Å²) in [5.41, 5.74) is 4.77. The molecule has 1 aromatic heterocycles. The predicted molar refractivity (Wildman–Crippen MR) is 114 cm³/mol. The number of aliphatic hydroxyl groups excluding tert-OH is 1. The summed E-state index contributed by atoms with van der Waals surface area (Å²) in [6.07, 6.45) is 0.129. The van der Waals surface area contributed by atoms with Crippen molar-refractivity contribution in [2.45, 2.75) is 32.9 Å². The van der Waals surface area contributed by atoms with Crippen molar-refractivity contribution < 1.29 is 19.0 Å². The van der Waals surface area contributed by atoms with E-state index in [1.807, 2.05) is 19.1 Å². The Bertz CT molecular complexity index is 1080. The van der Waals surface area contributed by atoms with Crippen LogP contribution in [-0.4, -0.2) is 46.7 Å². The van der Waals surface area contributed by atoms with E-state index in [0.717, 1.165) is 40.7 Å². The Labute approximate surface area is 174 Å². The zero-order valence-corrected chi connectivity index (χ0v) is 17.2. The van der Waals surface area contributed by atoms with Gasteiger partial charge in [-0.1, -0.05) is 6.07 Å². The summed E-state index contributed by atoms with van der Waals surface area (Å²) in [5, 5.41) is 14.2. The van der Waals surface area contributed by atoms with Gasteiger partial charge in [0.2, 0.25) is 5.91 Å². The Morgan fingerprint density at radius 2 is 2.17 bits per heavy atom. The van der Waals surface area contributed by atoms with Crippen LogP contribution in [0, 0.1) is 12.7 Å². The van der Waals surface area contributed by atoms with E-state index < -0.39 is 6.10 Å². The number of aromatic nitrogens is 1. The summed E-state index contributed by atoms with van der Waals surface area (Å²) in [4.78, 5) is 16.9. The minimum absolute atomic E-state index is 0.113. The number of nitrogens with zero attached hydrogens (tertiary/aromatic N) is 1. The van der Waals surface area contributed by atoms with Crippen molar-refractivity contribution in [3.05, 3.63) is 59.0 Å². The number of hydrogen-bond acceptors (Lipinski definition) is 4. The Balaban J connectivity index is 1.39. The van der Waals surface area contributed by atoms with Crippen LogP contribution in [0.3, 0.4) is 0 Å². The maximum Gasteiger partial charge on any atom is 0.221 e. The minimum Gasteiger partial charge on any atom is -0.489 e. The Morgan fingerprint density at radius 3 is 2.97 bits per heavy atom. The zero-order chi connectivity index (χ0) is 21.3. The van der Waals surface area contributed by atoms with E-state index in [4.69, 9.17) is 4.74 Å². The first-order chi connectivity index (χ1) is 14.4. The lowest BCUT2D eigenvalue weighted by molar-refractivity contribution is -0.114. The molecule has 7 heteroatoms. The van der Waals surface area contributed by atoms with Gasteiger partial charge >= 0.3 is 0 Å². The van der Waals surface area contributed by atoms with Crippen LogP contribution in [-0.2, 0) is 17.8 Å². The van der Waals surface area contributed by atoms with Crippen LogP contribution in [0.25, 0.3) is 10.9 Å². The quantitative estimate of drug-likeness (QED) is 0.581. The standard InChI is InChI=1S/C23H26FN3O3/c1-14-3-6-23(22(9-14)25-15(2)28)30-13-17(29)11-27-8-7-21-19(12-27)18-10-16(24)4-5-20(18)26-21/h3-6,9-10,17,26,29H,7-8,11-13H2,1-2H3,(H,25,28). The lowest BCUT2D eigenvalue weighted by Gasteiger charge is -2.29. The van der Waals surface area contributed by atoms with Gasteiger partial charge in [-0.25, -0.2) is 4.39 Å². The molecule has 0 saturated heterocycles. The van der Waals surface area contributed by atoms with Gasteiger partial charge in [-0.2, -0.15) is 0 Å². The number of H-pyrrole nitrogens is 1. The molecule has 0 radical (unpaired) electrons. The molecule has 2 aromatic carbocycles. The molecule has 158 valence electrons. The zero-order valence-electron chi connectivity index (χ0n) is 17.2. The number of nitrogens with one attached hydrogen (secondary N) is 2. The molecule has 1 aliphatic rings. The third kappa shape index (κ3) is 4.47. The molecular formula is C23H26FN3O3. The number of carbonyl (C=O) groups excluding carboxylic acids is 1. The number of aliphatic hydroxyl groups is 1. The molecule has 3 N–H and O–H groups in total. The molecule has 2 heterocycles. The van der Waals surface area contributed by atoms with Crippen molar-refractivity contribution in [2.24, 2.45) is 0 Å². The summed E-state index contributed by atoms with van der Waals surface area (Å²) in [7, 11) is 0. The van der Waals surface area contributed by atoms with Crippen LogP contribution >= 0.6 is 0 Å². The fourth-order valence-electron chi connectivity index (χ4n) is 3.99. The topological polar surface area (TPSA) is 77.6 Å². The minimum atomic E-state index is -0.694. The highest BCUT2D eigenvalue weighted by atomic mass is 19.1. The molecule has 0 fully saturated rings. The van der Waals surface area contributed by atoms with Crippen LogP contribution in [0.4, 0.5) is 10.1 Å². The summed E-state index contributed by atoms with van der Waals surface area (Å²) >= 11 is 0. The van der Waals surface area contributed by atoms with Crippen molar-refractivity contribution >= 4 is 22.5 Å². The molecular weight excluding hydrogens is 385 g/mol. The number of amides is 1. The van der Waals surface area contributed by atoms with Gasteiger partial charge in [-0.15, -0.1) is 0 Å². The molecule has 1 amide bonds. The molecule has 3 aromatic rings. The fraction of sp³-hybridized carbons (Fsp3) is 0.348. The lowest BCUT2D eigenvalue weighted by atomic mass is 10.0. The number of carbonyl (C=O) groups is 1. The Kier molecular flexibility index (Phi) is 5.74. The van der Waals surface area contributed by atoms with Crippen LogP contribution in [0.2, 0.25) is 0 Å². The molecule has 0 spiro atoms. The van der Waals surface area contributed by atoms with Gasteiger partial charge in [0.1, 0.15) is 24.3 Å². The number of hydrogen-bond donors (Lipinski definition) is 3. The highest BCUT2D eigenvalue weighted by molar-refractivity contribution is 5.90. The molecule has 6 nitrogen and oxygen atoms in total. The van der Waals surface area contributed by atoms with Crippen LogP contribution in [0.1, 0.15) is 23.7 Å². The number of halogens is 1. The van der Waals surface area contributed by atoms with E-state index in [9.17, 15) is 14.3 Å². The summed E-state index contributed by atoms with van der Waals surface area (Å²) in [6, 6.07) is 10.3. The number of benzene rings is 2. The average Bonchev–Trinajstić information content (AvgIpc) is 3.04. The number of aryl methyl sites for hydroxylation is 1. The van der Waals surface area contributed by atoms with Gasteiger partial charge in [0, 0.05) is 49.6 Å². The highest BCUT2D eigenvalue weighted by Gasteiger charge is 2.23. The first kappa shape index (κ1) is 20.4. The van der Waals surface area contributed by atoms with Crippen LogP contribution < -0.4 is 10.1 Å². The summed E-state index contributed by atoms with van der Waals surface area (Å²) in [6.45, 7) is 5.40. The van der Waals surface area contributed by atoms with Crippen molar-refractivity contribution in [1.82, 2.24) is 9.88 Å². The average molecular weight is 411 g/mol. The van der Waals surface area contributed by atoms with Crippen molar-refractivity contribution in [3.63, 3.8) is 0 Å². The van der Waals surface area contributed by atoms with Gasteiger partial charge in [0.25, 0.3) is 0 Å². The van der Waals surface area contributed by atoms with Crippen LogP contribution in [0.15, 0.2) is 36.4 Å². The molecule has 0 bridgehead atoms. The number of fused-ring (bicyclic) bond motifs is 3. The normalized spacial score (nSPS) is 15.1. The molecule has 1 aliphatic heterocycles. The second-order valence-corrected chi connectivity index (χ2v) is 7.90. The third-order valence-corrected chi connectivity index (χ3v) is 5.36. The maximum atomic E-state index is 13.7. The lowest BCUT2D eigenvalue weighted by Crippen LogP contribution is -2.38. The summed E-state index contributed by atoms with van der Waals surface area (Å²) < 4.78 is 19.5. The van der Waals surface area contributed by atoms with Crippen molar-refractivity contribution in [3.8, 4) is 5.75 Å². The largest absolute Gasteiger partial charge is 0.489 e. The monoisotopic (exact) mass is 411 g/mol. The molecule has 30 heavy (non-hydrogen) atoms. The van der Waals surface area contributed by atoms with E-state index in [0.29, 0.717) is 24.5 Å². The molecule has 0 saturated carbocycles. The Hall–Kier alpha value is -2.90. The summed E-state index contributed by atoms with van der Waals surface area (Å²) in [5.74, 6) is 0.108. The third-order valence-electron chi connectivity index (χ3n) is 5.36. The predicted octanol–water partition coefficient (Wildman–Crippen LogP) is 3.37. The van der Waals surface area contributed by atoms with Gasteiger partial charge < -0.3 is 20.1 Å². The van der Waals surface area contributed by atoms with Crippen molar-refractivity contribution in [2.75, 3.05) is 25.0 Å². The SMILES string of the molecule is CC(=O)Nc1cc(C)ccc1OCC(O)CN1CCc2[nH]c3ccc(F)cc3c2C1. The van der Waals surface area contributed by atoms with Crippen molar-refractivity contribution in [1.29, 1.82) is 0 Å². The number of anilines is 1. The number of aromatic amines is 1. The van der Waals surface area contributed by atoms with E-state index in [1.165, 1.54) is 13.0 Å². The second kappa shape index (κ2) is 8.45. The second-order valence-electron chi connectivity index (χ2n) is 7.90. The van der Waals surface area contributed by atoms with E-state index in [-0.39, 0.29) is 18.3 Å². The van der Waals surface area contributed by atoms with Gasteiger partial charge in [0.15, 0.2) is 0 Å². The first-order valence-corrected chi connectivity index (χ1v) is 10.1. The van der Waals surface area contributed by atoms with E-state index in [1.54, 1.807) is 18.2 Å². The fourth-order valence-corrected chi connectivity index (χ4v) is 3.99. The van der Waals surface area contributed by atoms with Gasteiger partial charge in [-0.05, 0) is 48.4 Å². The number of ether oxygens (including phenoxy) is 1. The molecule has 4 rings (SSSR count). The number of β-amino-alcohol motifs (C(OH)–C–C–N with tert-alkyl or cyclic N) is 1. The highest BCUT2D eigenvalue weighted by Crippen LogP contribution is 2.29. The van der Waals surface area contributed by atoms with E-state index >= 15 is 0 Å². The van der Waals surface area contributed by atoms with Gasteiger partial charge in [0.05, 0.1) is 5.69 Å². The first-order valence-electron chi connectivity index (χ1n) is 10.1. The smallest absolute Gasteiger partial charge is 0.221 e. The maximum absolute atomic E-state index is 13.7. The van der Waals surface area contributed by atoms with E-state index in [2.05, 4.69) is 15.2 Å². The molecule has 1 unspecified atom stereocenters. The number of rotatable bonds is 6. The van der Waals surface area contributed by atoms with Crippen LogP contribution in [0.5, 0.6) is 5.75 Å². The molecule has 0 aliphatic carbocycles. The Morgan fingerprint density at radius 1 is 1.33 bits per heavy atom. The molecule has 1 atom stereocenters.